The minimum atomic E-state index is -1.32. The van der Waals surface area contributed by atoms with Crippen LogP contribution in [-0.2, 0) is 4.79 Å². The van der Waals surface area contributed by atoms with Gasteiger partial charge in [-0.3, -0.25) is 0 Å². The number of hydrogen-bond donors (Lipinski definition) is 3. The molecular formula is C12H15BrN2O3. The number of nitrogens with one attached hydrogen (secondary N) is 2. The summed E-state index contributed by atoms with van der Waals surface area (Å²) in [5, 5.41) is 13.9. The summed E-state index contributed by atoms with van der Waals surface area (Å²) in [6.45, 7) is 4.76. The second-order valence-electron chi connectivity index (χ2n) is 4.49. The van der Waals surface area contributed by atoms with Crippen LogP contribution < -0.4 is 10.6 Å². The molecule has 0 aliphatic carbocycles. The molecule has 0 fully saturated rings. The Morgan fingerprint density at radius 3 is 2.44 bits per heavy atom. The maximum Gasteiger partial charge on any atom is 0.328 e. The van der Waals surface area contributed by atoms with Crippen LogP contribution in [0.25, 0.3) is 0 Å². The van der Waals surface area contributed by atoms with Gasteiger partial charge < -0.3 is 15.7 Å². The first-order valence-electron chi connectivity index (χ1n) is 5.31. The fourth-order valence-corrected chi connectivity index (χ4v) is 1.80. The van der Waals surface area contributed by atoms with Gasteiger partial charge in [0, 0.05) is 4.47 Å². The number of hydrogen-bond acceptors (Lipinski definition) is 2. The number of urea groups is 1. The van der Waals surface area contributed by atoms with Crippen molar-refractivity contribution in [3.8, 4) is 0 Å². The molecule has 0 aromatic heterocycles. The van der Waals surface area contributed by atoms with Gasteiger partial charge in [0.1, 0.15) is 5.54 Å². The molecule has 0 spiro atoms. The normalized spacial score (nSPS) is 10.9. The van der Waals surface area contributed by atoms with E-state index in [2.05, 4.69) is 26.6 Å². The second-order valence-corrected chi connectivity index (χ2v) is 5.35. The number of carboxylic acids is 1. The number of carbonyl (C=O) groups is 2. The zero-order chi connectivity index (χ0) is 13.9. The van der Waals surface area contributed by atoms with Crippen molar-refractivity contribution < 1.29 is 14.7 Å². The zero-order valence-electron chi connectivity index (χ0n) is 10.4. The van der Waals surface area contributed by atoms with Crippen molar-refractivity contribution in [2.75, 3.05) is 5.32 Å². The van der Waals surface area contributed by atoms with E-state index in [1.54, 1.807) is 6.07 Å². The van der Waals surface area contributed by atoms with Crippen LogP contribution in [0.1, 0.15) is 19.4 Å². The maximum absolute atomic E-state index is 11.7. The molecule has 0 saturated heterocycles. The molecule has 1 aromatic rings. The molecule has 18 heavy (non-hydrogen) atoms. The highest BCUT2D eigenvalue weighted by Crippen LogP contribution is 2.23. The predicted octanol–water partition coefficient (Wildman–Crippen LogP) is 2.74. The van der Waals surface area contributed by atoms with Gasteiger partial charge in [-0.25, -0.2) is 9.59 Å². The zero-order valence-corrected chi connectivity index (χ0v) is 12.0. The summed E-state index contributed by atoms with van der Waals surface area (Å²) in [6, 6.07) is 4.89. The van der Waals surface area contributed by atoms with E-state index < -0.39 is 17.5 Å². The lowest BCUT2D eigenvalue weighted by molar-refractivity contribution is -0.142. The molecule has 1 aromatic carbocycles. The lowest BCUT2D eigenvalue weighted by Gasteiger charge is -2.21. The van der Waals surface area contributed by atoms with Crippen molar-refractivity contribution >= 4 is 33.6 Å². The Balaban J connectivity index is 2.74. The molecule has 0 heterocycles. The van der Waals surface area contributed by atoms with Crippen molar-refractivity contribution in [3.63, 3.8) is 0 Å². The van der Waals surface area contributed by atoms with E-state index in [4.69, 9.17) is 5.11 Å². The molecule has 0 aliphatic rings. The fraction of sp³-hybridized carbons (Fsp3) is 0.333. The Morgan fingerprint density at radius 1 is 1.33 bits per heavy atom. The predicted molar refractivity (Wildman–Crippen MR) is 72.7 cm³/mol. The number of amides is 2. The number of aliphatic carboxylic acids is 1. The van der Waals surface area contributed by atoms with Gasteiger partial charge in [-0.05, 0) is 54.4 Å². The lowest BCUT2D eigenvalue weighted by atomic mass is 10.1. The van der Waals surface area contributed by atoms with Crippen molar-refractivity contribution in [3.05, 3.63) is 28.2 Å². The summed E-state index contributed by atoms with van der Waals surface area (Å²) in [7, 11) is 0. The summed E-state index contributed by atoms with van der Waals surface area (Å²) < 4.78 is 0.741. The third-order valence-electron chi connectivity index (χ3n) is 2.33. The minimum absolute atomic E-state index is 0.563. The molecule has 5 nitrogen and oxygen atoms in total. The molecule has 98 valence electrons. The molecule has 2 amide bonds. The molecule has 0 radical (unpaired) electrons. The number of benzene rings is 1. The highest BCUT2D eigenvalue weighted by molar-refractivity contribution is 9.10. The summed E-state index contributed by atoms with van der Waals surface area (Å²) in [4.78, 5) is 22.5. The number of anilines is 1. The third-order valence-corrected chi connectivity index (χ3v) is 2.99. The minimum Gasteiger partial charge on any atom is -0.480 e. The summed E-state index contributed by atoms with van der Waals surface area (Å²) in [6.07, 6.45) is 0. The Kier molecular flexibility index (Phi) is 4.34. The molecular weight excluding hydrogens is 300 g/mol. The monoisotopic (exact) mass is 314 g/mol. The van der Waals surface area contributed by atoms with Crippen LogP contribution in [-0.4, -0.2) is 22.6 Å². The second kappa shape index (κ2) is 5.39. The molecule has 0 bridgehead atoms. The third kappa shape index (κ3) is 3.73. The van der Waals surface area contributed by atoms with Crippen molar-refractivity contribution in [1.29, 1.82) is 0 Å². The van der Waals surface area contributed by atoms with Gasteiger partial charge in [-0.15, -0.1) is 0 Å². The maximum atomic E-state index is 11.7. The average molecular weight is 315 g/mol. The van der Waals surface area contributed by atoms with Gasteiger partial charge in [0.2, 0.25) is 0 Å². The van der Waals surface area contributed by atoms with E-state index in [0.717, 1.165) is 10.0 Å². The molecule has 3 N–H and O–H groups in total. The van der Waals surface area contributed by atoms with Crippen molar-refractivity contribution in [1.82, 2.24) is 5.32 Å². The molecule has 0 saturated carbocycles. The first-order chi connectivity index (χ1) is 8.22. The van der Waals surface area contributed by atoms with E-state index in [1.165, 1.54) is 13.8 Å². The van der Waals surface area contributed by atoms with Gasteiger partial charge in [-0.1, -0.05) is 6.07 Å². The van der Waals surface area contributed by atoms with Gasteiger partial charge in [0.15, 0.2) is 0 Å². The Bertz CT molecular complexity index is 486. The first kappa shape index (κ1) is 14.5. The quantitative estimate of drug-likeness (QED) is 0.802. The van der Waals surface area contributed by atoms with Crippen molar-refractivity contribution in [2.45, 2.75) is 26.3 Å². The molecule has 6 heteroatoms. The van der Waals surface area contributed by atoms with Crippen LogP contribution >= 0.6 is 15.9 Å². The molecule has 0 atom stereocenters. The van der Waals surface area contributed by atoms with E-state index in [9.17, 15) is 9.59 Å². The number of carboxylic acid groups (broad SMARTS) is 1. The van der Waals surface area contributed by atoms with Crippen LogP contribution in [0.5, 0.6) is 0 Å². The Labute approximate surface area is 114 Å². The van der Waals surface area contributed by atoms with Crippen LogP contribution in [0.2, 0.25) is 0 Å². The Hall–Kier alpha value is -1.56. The van der Waals surface area contributed by atoms with E-state index in [-0.39, 0.29) is 0 Å². The van der Waals surface area contributed by atoms with E-state index in [1.807, 2.05) is 19.1 Å². The Morgan fingerprint density at radius 2 is 1.94 bits per heavy atom. The average Bonchev–Trinajstić information content (AvgIpc) is 2.21. The van der Waals surface area contributed by atoms with Crippen LogP contribution in [0.15, 0.2) is 22.7 Å². The number of halogens is 1. The van der Waals surface area contributed by atoms with Gasteiger partial charge >= 0.3 is 12.0 Å². The smallest absolute Gasteiger partial charge is 0.328 e. The summed E-state index contributed by atoms with van der Waals surface area (Å²) in [5.74, 6) is -1.10. The van der Waals surface area contributed by atoms with Crippen LogP contribution in [0.4, 0.5) is 10.5 Å². The van der Waals surface area contributed by atoms with E-state index in [0.29, 0.717) is 5.69 Å². The van der Waals surface area contributed by atoms with Crippen LogP contribution in [0.3, 0.4) is 0 Å². The SMILES string of the molecule is Cc1ccc(NC(=O)NC(C)(C)C(=O)O)c(Br)c1. The lowest BCUT2D eigenvalue weighted by Crippen LogP contribution is -2.51. The summed E-state index contributed by atoms with van der Waals surface area (Å²) in [5.41, 5.74) is 0.319. The molecule has 0 aliphatic heterocycles. The standard InChI is InChI=1S/C12H15BrN2O3/c1-7-4-5-9(8(13)6-7)14-11(18)15-12(2,3)10(16)17/h4-6H,1-3H3,(H,16,17)(H2,14,15,18). The van der Waals surface area contributed by atoms with Crippen molar-refractivity contribution in [2.24, 2.45) is 0 Å². The van der Waals surface area contributed by atoms with Gasteiger partial charge in [-0.2, -0.15) is 0 Å². The molecule has 0 unspecified atom stereocenters. The number of carbonyl (C=O) groups excluding carboxylic acids is 1. The number of rotatable bonds is 3. The first-order valence-corrected chi connectivity index (χ1v) is 6.10. The topological polar surface area (TPSA) is 78.4 Å². The van der Waals surface area contributed by atoms with Crippen LogP contribution in [0, 0.1) is 6.92 Å². The van der Waals surface area contributed by atoms with Gasteiger partial charge in [0.05, 0.1) is 5.69 Å². The summed E-state index contributed by atoms with van der Waals surface area (Å²) >= 11 is 3.33. The molecule has 1 rings (SSSR count). The van der Waals surface area contributed by atoms with Gasteiger partial charge in [0.25, 0.3) is 0 Å². The highest BCUT2D eigenvalue weighted by atomic mass is 79.9. The largest absolute Gasteiger partial charge is 0.480 e. The van der Waals surface area contributed by atoms with E-state index >= 15 is 0 Å². The fourth-order valence-electron chi connectivity index (χ4n) is 1.21. The number of aryl methyl sites for hydroxylation is 1. The highest BCUT2D eigenvalue weighted by Gasteiger charge is 2.28.